The Morgan fingerprint density at radius 3 is 2.56 bits per heavy atom. The van der Waals surface area contributed by atoms with E-state index in [1.54, 1.807) is 22.6 Å². The Kier molecular flexibility index (Phi) is 4.54. The second-order valence-corrected chi connectivity index (χ2v) is 4.44. The van der Waals surface area contributed by atoms with Gasteiger partial charge >= 0.3 is 11.9 Å². The first kappa shape index (κ1) is 14.7. The number of rotatable bonds is 4. The SMILES string of the molecule is O=C(OCC(F)(F)C(=O)[O-])c1cc(I)ccc1F. The van der Waals surface area contributed by atoms with E-state index in [2.05, 4.69) is 4.74 Å². The molecule has 1 aromatic carbocycles. The molecule has 8 heteroatoms. The van der Waals surface area contributed by atoms with Crippen LogP contribution in [-0.4, -0.2) is 24.5 Å². The van der Waals surface area contributed by atoms with E-state index >= 15 is 0 Å². The predicted octanol–water partition coefficient (Wildman–Crippen LogP) is 0.972. The average Bonchev–Trinajstić information content (AvgIpc) is 2.29. The minimum absolute atomic E-state index is 0.493. The van der Waals surface area contributed by atoms with Crippen LogP contribution in [0.15, 0.2) is 18.2 Å². The molecule has 0 aliphatic carbocycles. The van der Waals surface area contributed by atoms with Gasteiger partial charge in [0.1, 0.15) is 11.8 Å². The first-order valence-corrected chi connectivity index (χ1v) is 5.53. The Hall–Kier alpha value is -1.32. The molecular formula is C10H5F3IO4-. The van der Waals surface area contributed by atoms with Gasteiger partial charge in [0, 0.05) is 3.57 Å². The largest absolute Gasteiger partial charge is 0.544 e. The quantitative estimate of drug-likeness (QED) is 0.583. The zero-order valence-electron chi connectivity index (χ0n) is 8.58. The van der Waals surface area contributed by atoms with Crippen molar-refractivity contribution in [2.75, 3.05) is 6.61 Å². The zero-order chi connectivity index (χ0) is 13.9. The first-order chi connectivity index (χ1) is 8.24. The molecule has 0 aliphatic heterocycles. The lowest BCUT2D eigenvalue weighted by molar-refractivity contribution is -0.331. The van der Waals surface area contributed by atoms with E-state index in [0.717, 1.165) is 12.1 Å². The monoisotopic (exact) mass is 373 g/mol. The third kappa shape index (κ3) is 3.59. The molecule has 0 atom stereocenters. The van der Waals surface area contributed by atoms with Gasteiger partial charge in [-0.1, -0.05) is 0 Å². The Balaban J connectivity index is 2.78. The number of benzene rings is 1. The minimum atomic E-state index is -4.31. The van der Waals surface area contributed by atoms with Crippen LogP contribution in [0.3, 0.4) is 0 Å². The summed E-state index contributed by atoms with van der Waals surface area (Å²) in [6, 6.07) is 3.42. The molecule has 0 unspecified atom stereocenters. The van der Waals surface area contributed by atoms with Crippen molar-refractivity contribution in [3.63, 3.8) is 0 Å². The number of hydrogen-bond donors (Lipinski definition) is 0. The third-order valence-electron chi connectivity index (χ3n) is 1.83. The summed E-state index contributed by atoms with van der Waals surface area (Å²) < 4.78 is 42.8. The fraction of sp³-hybridized carbons (Fsp3) is 0.200. The second kappa shape index (κ2) is 5.55. The molecule has 0 fully saturated rings. The average molecular weight is 373 g/mol. The Labute approximate surface area is 113 Å². The molecule has 0 heterocycles. The molecule has 0 spiro atoms. The summed E-state index contributed by atoms with van der Waals surface area (Å²) in [6.07, 6.45) is 0. The number of alkyl halides is 2. The van der Waals surface area contributed by atoms with Gasteiger partial charge in [0.25, 0.3) is 0 Å². The Morgan fingerprint density at radius 1 is 1.39 bits per heavy atom. The van der Waals surface area contributed by atoms with E-state index in [0.29, 0.717) is 3.57 Å². The minimum Gasteiger partial charge on any atom is -0.544 e. The van der Waals surface area contributed by atoms with Crippen molar-refractivity contribution in [2.45, 2.75) is 5.92 Å². The highest BCUT2D eigenvalue weighted by molar-refractivity contribution is 14.1. The van der Waals surface area contributed by atoms with Gasteiger partial charge in [-0.2, -0.15) is 8.78 Å². The van der Waals surface area contributed by atoms with Crippen LogP contribution in [0.2, 0.25) is 0 Å². The van der Waals surface area contributed by atoms with E-state index in [9.17, 15) is 27.9 Å². The highest BCUT2D eigenvalue weighted by atomic mass is 127. The summed E-state index contributed by atoms with van der Waals surface area (Å²) >= 11 is 1.78. The van der Waals surface area contributed by atoms with Crippen LogP contribution in [0.25, 0.3) is 0 Å². The first-order valence-electron chi connectivity index (χ1n) is 4.45. The number of hydrogen-bond acceptors (Lipinski definition) is 4. The van der Waals surface area contributed by atoms with Crippen molar-refractivity contribution in [3.05, 3.63) is 33.1 Å². The number of halogens is 4. The van der Waals surface area contributed by atoms with Crippen molar-refractivity contribution in [1.29, 1.82) is 0 Å². The highest BCUT2D eigenvalue weighted by Crippen LogP contribution is 2.16. The van der Waals surface area contributed by atoms with Gasteiger partial charge in [-0.3, -0.25) is 0 Å². The van der Waals surface area contributed by atoms with E-state index in [1.165, 1.54) is 6.07 Å². The molecule has 18 heavy (non-hydrogen) atoms. The molecule has 0 radical (unpaired) electrons. The van der Waals surface area contributed by atoms with Gasteiger partial charge in [-0.15, -0.1) is 0 Å². The maximum absolute atomic E-state index is 13.2. The number of carbonyl (C=O) groups excluding carboxylic acids is 2. The number of carbonyl (C=O) groups is 2. The van der Waals surface area contributed by atoms with Crippen LogP contribution in [0.4, 0.5) is 13.2 Å². The predicted molar refractivity (Wildman–Crippen MR) is 59.4 cm³/mol. The normalized spacial score (nSPS) is 11.1. The van der Waals surface area contributed by atoms with Crippen LogP contribution in [-0.2, 0) is 9.53 Å². The lowest BCUT2D eigenvalue weighted by Crippen LogP contribution is -2.45. The van der Waals surface area contributed by atoms with Gasteiger partial charge in [0.15, 0.2) is 6.61 Å². The van der Waals surface area contributed by atoms with Gasteiger partial charge in [0.05, 0.1) is 5.56 Å². The molecule has 0 amide bonds. The summed E-state index contributed by atoms with van der Waals surface area (Å²) in [5.41, 5.74) is -0.545. The molecule has 0 aromatic heterocycles. The lowest BCUT2D eigenvalue weighted by atomic mass is 10.2. The van der Waals surface area contributed by atoms with Crippen LogP contribution in [0.1, 0.15) is 10.4 Å². The molecule has 0 N–H and O–H groups in total. The summed E-state index contributed by atoms with van der Waals surface area (Å²) in [6.45, 7) is -1.71. The van der Waals surface area contributed by atoms with Crippen molar-refractivity contribution in [1.82, 2.24) is 0 Å². The number of carboxylic acids is 1. The number of esters is 1. The van der Waals surface area contributed by atoms with Gasteiger partial charge in [0.2, 0.25) is 0 Å². The van der Waals surface area contributed by atoms with Crippen molar-refractivity contribution >= 4 is 34.5 Å². The van der Waals surface area contributed by atoms with Crippen LogP contribution >= 0.6 is 22.6 Å². The third-order valence-corrected chi connectivity index (χ3v) is 2.50. The number of ether oxygens (including phenoxy) is 1. The fourth-order valence-electron chi connectivity index (χ4n) is 0.947. The van der Waals surface area contributed by atoms with Crippen molar-refractivity contribution < 1.29 is 32.6 Å². The maximum atomic E-state index is 13.2. The van der Waals surface area contributed by atoms with E-state index < -0.39 is 35.8 Å². The summed E-state index contributed by atoms with van der Waals surface area (Å²) in [4.78, 5) is 21.2. The molecule has 0 saturated heterocycles. The van der Waals surface area contributed by atoms with Gasteiger partial charge in [-0.25, -0.2) is 9.18 Å². The summed E-state index contributed by atoms with van der Waals surface area (Å²) in [5.74, 6) is -9.30. The molecule has 0 bridgehead atoms. The molecule has 0 aliphatic rings. The van der Waals surface area contributed by atoms with Crippen LogP contribution < -0.4 is 5.11 Å². The van der Waals surface area contributed by atoms with Gasteiger partial charge < -0.3 is 14.6 Å². The zero-order valence-corrected chi connectivity index (χ0v) is 10.7. The lowest BCUT2D eigenvalue weighted by Gasteiger charge is -2.16. The number of aliphatic carboxylic acids is 1. The van der Waals surface area contributed by atoms with E-state index in [1.807, 2.05) is 0 Å². The van der Waals surface area contributed by atoms with Crippen LogP contribution in [0.5, 0.6) is 0 Å². The van der Waals surface area contributed by atoms with Crippen LogP contribution in [0, 0.1) is 9.39 Å². The standard InChI is InChI=1S/C10H6F3IO4/c11-7-2-1-5(14)3-6(7)8(15)18-4-10(12,13)9(16)17/h1-3H,4H2,(H,16,17)/p-1. The molecule has 98 valence electrons. The van der Waals surface area contributed by atoms with E-state index in [-0.39, 0.29) is 0 Å². The van der Waals surface area contributed by atoms with Gasteiger partial charge in [-0.05, 0) is 40.8 Å². The summed E-state index contributed by atoms with van der Waals surface area (Å²) in [7, 11) is 0. The molecular weight excluding hydrogens is 368 g/mol. The molecule has 0 saturated carbocycles. The smallest absolute Gasteiger partial charge is 0.341 e. The Bertz CT molecular complexity index is 490. The fourth-order valence-corrected chi connectivity index (χ4v) is 1.44. The Morgan fingerprint density at radius 2 is 2.00 bits per heavy atom. The highest BCUT2D eigenvalue weighted by Gasteiger charge is 2.33. The summed E-state index contributed by atoms with van der Waals surface area (Å²) in [5, 5.41) is 9.96. The van der Waals surface area contributed by atoms with Crippen molar-refractivity contribution in [2.24, 2.45) is 0 Å². The topological polar surface area (TPSA) is 66.4 Å². The van der Waals surface area contributed by atoms with Crippen molar-refractivity contribution in [3.8, 4) is 0 Å². The van der Waals surface area contributed by atoms with E-state index in [4.69, 9.17) is 0 Å². The molecule has 1 aromatic rings. The maximum Gasteiger partial charge on any atom is 0.341 e. The second-order valence-electron chi connectivity index (χ2n) is 3.19. The molecule has 4 nitrogen and oxygen atoms in total. The molecule has 1 rings (SSSR count). The number of carboxylic acid groups (broad SMARTS) is 1.